The number of piperidine rings is 1. The predicted octanol–water partition coefficient (Wildman–Crippen LogP) is 3.32. The fourth-order valence-corrected chi connectivity index (χ4v) is 3.60. The summed E-state index contributed by atoms with van der Waals surface area (Å²) in [7, 11) is 0. The molecule has 0 bridgehead atoms. The molecule has 8 nitrogen and oxygen atoms in total. The lowest BCUT2D eigenvalue weighted by molar-refractivity contribution is -0.383. The molecular formula is C19H20N6O2. The van der Waals surface area contributed by atoms with E-state index in [9.17, 15) is 10.1 Å². The zero-order chi connectivity index (χ0) is 18.8. The first kappa shape index (κ1) is 17.1. The van der Waals surface area contributed by atoms with Crippen molar-refractivity contribution in [3.8, 4) is 0 Å². The zero-order valence-electron chi connectivity index (χ0n) is 15.0. The number of nitrogens with one attached hydrogen (secondary N) is 1. The van der Waals surface area contributed by atoms with E-state index >= 15 is 0 Å². The molecule has 3 heterocycles. The van der Waals surface area contributed by atoms with Crippen LogP contribution in [0.5, 0.6) is 0 Å². The summed E-state index contributed by atoms with van der Waals surface area (Å²) in [6.45, 7) is 3.60. The van der Waals surface area contributed by atoms with Gasteiger partial charge in [0.05, 0.1) is 4.92 Å². The molecule has 0 amide bonds. The summed E-state index contributed by atoms with van der Waals surface area (Å²) in [5.74, 6) is 0.789. The quantitative estimate of drug-likeness (QED) is 0.560. The Kier molecular flexibility index (Phi) is 4.53. The van der Waals surface area contributed by atoms with Crippen molar-refractivity contribution in [2.45, 2.75) is 25.8 Å². The molecule has 3 aromatic rings. The number of para-hydroxylation sites is 1. The van der Waals surface area contributed by atoms with Crippen molar-refractivity contribution >= 4 is 28.1 Å². The van der Waals surface area contributed by atoms with Gasteiger partial charge in [0.25, 0.3) is 5.69 Å². The van der Waals surface area contributed by atoms with Gasteiger partial charge in [0.1, 0.15) is 5.82 Å². The van der Waals surface area contributed by atoms with Gasteiger partial charge in [-0.15, -0.1) is 5.10 Å². The Labute approximate surface area is 156 Å². The predicted molar refractivity (Wildman–Crippen MR) is 104 cm³/mol. The average Bonchev–Trinajstić information content (AvgIpc) is 2.68. The van der Waals surface area contributed by atoms with Crippen LogP contribution in [-0.2, 0) is 0 Å². The highest BCUT2D eigenvalue weighted by Crippen LogP contribution is 2.33. The van der Waals surface area contributed by atoms with Crippen LogP contribution >= 0.6 is 0 Å². The maximum Gasteiger partial charge on any atom is 0.295 e. The monoisotopic (exact) mass is 364 g/mol. The Balaban J connectivity index is 1.57. The zero-order valence-corrected chi connectivity index (χ0v) is 15.0. The fourth-order valence-electron chi connectivity index (χ4n) is 3.60. The third kappa shape index (κ3) is 3.51. The van der Waals surface area contributed by atoms with Gasteiger partial charge in [-0.25, -0.2) is 4.98 Å². The molecule has 4 rings (SSSR count). The number of benzene rings is 1. The molecule has 0 saturated carbocycles. The third-order valence-corrected chi connectivity index (χ3v) is 4.88. The second kappa shape index (κ2) is 7.14. The van der Waals surface area contributed by atoms with Crippen molar-refractivity contribution < 1.29 is 4.92 Å². The minimum atomic E-state index is -0.365. The number of fused-ring (bicyclic) bond motifs is 1. The molecule has 1 fully saturated rings. The molecule has 1 aliphatic rings. The molecule has 1 aromatic carbocycles. The fraction of sp³-hybridized carbons (Fsp3) is 0.316. The van der Waals surface area contributed by atoms with Gasteiger partial charge >= 0.3 is 0 Å². The molecule has 8 heteroatoms. The lowest BCUT2D eigenvalue weighted by Crippen LogP contribution is -2.39. The first-order valence-corrected chi connectivity index (χ1v) is 8.96. The molecule has 1 saturated heterocycles. The largest absolute Gasteiger partial charge is 0.371 e. The maximum absolute atomic E-state index is 11.4. The molecule has 0 radical (unpaired) electrons. The Hall–Kier alpha value is -3.29. The van der Waals surface area contributed by atoms with Gasteiger partial charge in [0, 0.05) is 48.2 Å². The van der Waals surface area contributed by atoms with Gasteiger partial charge in [0.15, 0.2) is 5.52 Å². The maximum atomic E-state index is 11.4. The number of aryl methyl sites for hydroxylation is 1. The van der Waals surface area contributed by atoms with E-state index in [1.807, 2.05) is 31.2 Å². The molecule has 0 aliphatic carbocycles. The van der Waals surface area contributed by atoms with E-state index in [1.54, 1.807) is 12.3 Å². The second-order valence-corrected chi connectivity index (χ2v) is 6.73. The number of anilines is 2. The number of hydrogen-bond acceptors (Lipinski definition) is 7. The summed E-state index contributed by atoms with van der Waals surface area (Å²) < 4.78 is 0. The normalized spacial score (nSPS) is 15.1. The van der Waals surface area contributed by atoms with E-state index in [0.29, 0.717) is 11.6 Å². The van der Waals surface area contributed by atoms with Crippen LogP contribution in [0.3, 0.4) is 0 Å². The highest BCUT2D eigenvalue weighted by molar-refractivity contribution is 5.97. The van der Waals surface area contributed by atoms with Gasteiger partial charge in [-0.2, -0.15) is 5.10 Å². The summed E-state index contributed by atoms with van der Waals surface area (Å²) in [6, 6.07) is 11.3. The molecular weight excluding hydrogens is 344 g/mol. The van der Waals surface area contributed by atoms with Crippen LogP contribution < -0.4 is 10.2 Å². The van der Waals surface area contributed by atoms with Gasteiger partial charge < -0.3 is 10.2 Å². The number of rotatable bonds is 4. The van der Waals surface area contributed by atoms with Crippen LogP contribution in [0.15, 0.2) is 42.6 Å². The molecule has 138 valence electrons. The summed E-state index contributed by atoms with van der Waals surface area (Å²) in [4.78, 5) is 17.7. The van der Waals surface area contributed by atoms with Crippen LogP contribution in [0.4, 0.5) is 17.2 Å². The van der Waals surface area contributed by atoms with E-state index in [0.717, 1.165) is 48.5 Å². The van der Waals surface area contributed by atoms with Crippen molar-refractivity contribution in [1.29, 1.82) is 0 Å². The number of nitrogens with zero attached hydrogens (tertiary/aromatic N) is 5. The van der Waals surface area contributed by atoms with Crippen LogP contribution in [0, 0.1) is 17.0 Å². The van der Waals surface area contributed by atoms with Crippen LogP contribution in [0.1, 0.15) is 18.5 Å². The Morgan fingerprint density at radius 1 is 1.22 bits per heavy atom. The average molecular weight is 364 g/mol. The molecule has 0 atom stereocenters. The van der Waals surface area contributed by atoms with E-state index in [4.69, 9.17) is 0 Å². The third-order valence-electron chi connectivity index (χ3n) is 4.88. The Bertz CT molecular complexity index is 971. The summed E-state index contributed by atoms with van der Waals surface area (Å²) in [6.07, 6.45) is 3.56. The van der Waals surface area contributed by atoms with E-state index < -0.39 is 0 Å². The Morgan fingerprint density at radius 3 is 2.74 bits per heavy atom. The lowest BCUT2D eigenvalue weighted by atomic mass is 10.0. The van der Waals surface area contributed by atoms with E-state index in [1.165, 1.54) is 6.07 Å². The number of nitro groups is 1. The highest BCUT2D eigenvalue weighted by atomic mass is 16.6. The molecule has 1 aliphatic heterocycles. The van der Waals surface area contributed by atoms with Crippen LogP contribution in [0.2, 0.25) is 0 Å². The van der Waals surface area contributed by atoms with Crippen LogP contribution in [0.25, 0.3) is 10.9 Å². The van der Waals surface area contributed by atoms with Crippen molar-refractivity contribution in [1.82, 2.24) is 15.2 Å². The SMILES string of the molecule is Cc1cc(N2CCC(Nc3cccnn3)CC2)c2cccc([N+](=O)[O-])c2n1. The highest BCUT2D eigenvalue weighted by Gasteiger charge is 2.23. The van der Waals surface area contributed by atoms with Crippen LogP contribution in [-0.4, -0.2) is 39.2 Å². The first-order chi connectivity index (χ1) is 13.1. The smallest absolute Gasteiger partial charge is 0.295 e. The van der Waals surface area contributed by atoms with Crippen molar-refractivity contribution in [2.24, 2.45) is 0 Å². The molecule has 0 spiro atoms. The topological polar surface area (TPSA) is 97.1 Å². The summed E-state index contributed by atoms with van der Waals surface area (Å²) >= 11 is 0. The van der Waals surface area contributed by atoms with Crippen molar-refractivity contribution in [3.05, 3.63) is 58.4 Å². The van der Waals surface area contributed by atoms with Crippen molar-refractivity contribution in [3.63, 3.8) is 0 Å². The minimum Gasteiger partial charge on any atom is -0.371 e. The number of non-ortho nitro benzene ring substituents is 1. The molecule has 1 N–H and O–H groups in total. The van der Waals surface area contributed by atoms with E-state index in [-0.39, 0.29) is 10.6 Å². The minimum absolute atomic E-state index is 0.0525. The lowest BCUT2D eigenvalue weighted by Gasteiger charge is -2.34. The van der Waals surface area contributed by atoms with Gasteiger partial charge in [0.2, 0.25) is 0 Å². The number of pyridine rings is 1. The van der Waals surface area contributed by atoms with E-state index in [2.05, 4.69) is 25.4 Å². The van der Waals surface area contributed by atoms with Gasteiger partial charge in [-0.3, -0.25) is 10.1 Å². The first-order valence-electron chi connectivity index (χ1n) is 8.96. The van der Waals surface area contributed by atoms with Crippen molar-refractivity contribution in [2.75, 3.05) is 23.3 Å². The number of aromatic nitrogens is 3. The number of nitro benzene ring substituents is 1. The Morgan fingerprint density at radius 2 is 2.04 bits per heavy atom. The second-order valence-electron chi connectivity index (χ2n) is 6.73. The number of hydrogen-bond donors (Lipinski definition) is 1. The summed E-state index contributed by atoms with van der Waals surface area (Å²) in [5.41, 5.74) is 2.31. The molecule has 0 unspecified atom stereocenters. The molecule has 27 heavy (non-hydrogen) atoms. The standard InChI is InChI=1S/C19H20N6O2/c1-13-12-17(15-4-2-5-16(25(26)27)19(15)21-13)24-10-7-14(8-11-24)22-18-6-3-9-20-23-18/h2-6,9,12,14H,7-8,10-11H2,1H3,(H,22,23). The van der Waals surface area contributed by atoms with Gasteiger partial charge in [-0.05, 0) is 38.0 Å². The van der Waals surface area contributed by atoms with Gasteiger partial charge in [-0.1, -0.05) is 12.1 Å². The molecule has 2 aromatic heterocycles. The summed E-state index contributed by atoms with van der Waals surface area (Å²) in [5, 5.41) is 23.6.